The average molecular weight is 472 g/mol. The van der Waals surface area contributed by atoms with Crippen molar-refractivity contribution in [2.45, 2.75) is 12.3 Å². The van der Waals surface area contributed by atoms with Gasteiger partial charge >= 0.3 is 0 Å². The second-order valence-corrected chi connectivity index (χ2v) is 8.05. The predicted octanol–water partition coefficient (Wildman–Crippen LogP) is 6.30. The van der Waals surface area contributed by atoms with Crippen LogP contribution in [0.2, 0.25) is 0 Å². The lowest BCUT2D eigenvalue weighted by molar-refractivity contribution is -0.111. The Balaban J connectivity index is 1.59. The third-order valence-corrected chi connectivity index (χ3v) is 5.60. The summed E-state index contributed by atoms with van der Waals surface area (Å²) in [5.74, 6) is -1.33. The van der Waals surface area contributed by atoms with Crippen molar-refractivity contribution >= 4 is 28.9 Å². The van der Waals surface area contributed by atoms with Gasteiger partial charge in [-0.2, -0.15) is 0 Å². The van der Waals surface area contributed by atoms with Crippen LogP contribution in [0.1, 0.15) is 12.0 Å². The molecular formula is C29H26FNO4. The first-order chi connectivity index (χ1) is 16.9. The molecular weight excluding hydrogens is 445 g/mol. The fourth-order valence-corrected chi connectivity index (χ4v) is 3.76. The van der Waals surface area contributed by atoms with Crippen LogP contribution in [0, 0.1) is 0 Å². The van der Waals surface area contributed by atoms with Crippen molar-refractivity contribution in [3.8, 4) is 11.5 Å². The Morgan fingerprint density at radius 2 is 1.37 bits per heavy atom. The number of benzene rings is 3. The number of alkyl halides is 1. The van der Waals surface area contributed by atoms with Crippen molar-refractivity contribution in [3.05, 3.63) is 108 Å². The number of hydrogen-bond acceptors (Lipinski definition) is 5. The van der Waals surface area contributed by atoms with Gasteiger partial charge in [-0.25, -0.2) is 4.39 Å². The first-order valence-electron chi connectivity index (χ1n) is 11.1. The highest BCUT2D eigenvalue weighted by Crippen LogP contribution is 2.36. The van der Waals surface area contributed by atoms with Crippen LogP contribution in [0.15, 0.2) is 103 Å². The highest BCUT2D eigenvalue weighted by molar-refractivity contribution is 6.08. The van der Waals surface area contributed by atoms with Crippen LogP contribution in [0.3, 0.4) is 0 Å². The third-order valence-electron chi connectivity index (χ3n) is 5.60. The molecule has 6 heteroatoms. The zero-order valence-electron chi connectivity index (χ0n) is 19.5. The minimum Gasteiger partial charge on any atom is -0.497 e. The molecule has 5 nitrogen and oxygen atoms in total. The number of halogens is 1. The molecule has 0 saturated carbocycles. The molecule has 1 aliphatic rings. The molecule has 1 unspecified atom stereocenters. The number of allylic oxidation sites excluding steroid dienone is 3. The summed E-state index contributed by atoms with van der Waals surface area (Å²) in [6.07, 6.45) is 6.79. The summed E-state index contributed by atoms with van der Waals surface area (Å²) >= 11 is 0. The summed E-state index contributed by atoms with van der Waals surface area (Å²) in [7, 11) is 3.26. The van der Waals surface area contributed by atoms with Crippen LogP contribution in [0.25, 0.3) is 6.08 Å². The van der Waals surface area contributed by atoms with Gasteiger partial charge < -0.3 is 19.5 Å². The molecule has 178 valence electrons. The monoisotopic (exact) mass is 471 g/mol. The zero-order valence-corrected chi connectivity index (χ0v) is 19.5. The third kappa shape index (κ3) is 5.86. The van der Waals surface area contributed by atoms with E-state index in [2.05, 4.69) is 4.90 Å². The molecule has 0 aromatic heterocycles. The van der Waals surface area contributed by atoms with Crippen molar-refractivity contribution in [3.63, 3.8) is 0 Å². The first-order valence-corrected chi connectivity index (χ1v) is 11.1. The van der Waals surface area contributed by atoms with E-state index in [1.165, 1.54) is 18.2 Å². The summed E-state index contributed by atoms with van der Waals surface area (Å²) in [6, 6.07) is 23.2. The van der Waals surface area contributed by atoms with E-state index >= 15 is 0 Å². The second kappa shape index (κ2) is 10.4. The summed E-state index contributed by atoms with van der Waals surface area (Å²) in [4.78, 5) is 14.5. The van der Waals surface area contributed by atoms with Crippen molar-refractivity contribution in [2.75, 3.05) is 19.1 Å². The van der Waals surface area contributed by atoms with Gasteiger partial charge in [0.2, 0.25) is 5.85 Å². The van der Waals surface area contributed by atoms with Gasteiger partial charge in [-0.1, -0.05) is 30.4 Å². The number of ether oxygens (including phenoxy) is 2. The highest BCUT2D eigenvalue weighted by Gasteiger charge is 2.25. The molecule has 0 aliphatic heterocycles. The average Bonchev–Trinajstić information content (AvgIpc) is 2.88. The normalized spacial score (nSPS) is 17.2. The van der Waals surface area contributed by atoms with E-state index in [0.29, 0.717) is 0 Å². The molecule has 0 radical (unpaired) electrons. The number of carbonyl (C=O) groups is 1. The summed E-state index contributed by atoms with van der Waals surface area (Å²) in [6.45, 7) is 0. The fourth-order valence-electron chi connectivity index (χ4n) is 3.76. The Hall–Kier alpha value is -4.16. The van der Waals surface area contributed by atoms with Gasteiger partial charge in [-0.3, -0.25) is 4.79 Å². The van der Waals surface area contributed by atoms with Crippen molar-refractivity contribution < 1.29 is 23.8 Å². The quantitative estimate of drug-likeness (QED) is 0.391. The Labute approximate surface area is 204 Å². The number of rotatable bonds is 8. The van der Waals surface area contributed by atoms with Gasteiger partial charge in [0.15, 0.2) is 5.78 Å². The molecule has 0 amide bonds. The van der Waals surface area contributed by atoms with E-state index < -0.39 is 5.85 Å². The number of ketones is 1. The van der Waals surface area contributed by atoms with Gasteiger partial charge in [0.1, 0.15) is 11.5 Å². The van der Waals surface area contributed by atoms with E-state index in [1.54, 1.807) is 20.3 Å². The van der Waals surface area contributed by atoms with Crippen LogP contribution < -0.4 is 14.4 Å². The van der Waals surface area contributed by atoms with Gasteiger partial charge in [-0.15, -0.1) is 0 Å². The standard InChI is InChI=1S/C29H26FNO4/c1-34-26-14-10-24(11-15-26)31(25-12-16-27(35-2)17-13-25)23-8-5-21(6-9-23)7-18-28(32)22-4-3-19-29(30,33)20-22/h3-18,20,33H,19H2,1-2H3. The molecule has 1 N–H and O–H groups in total. The minimum atomic E-state index is -2.48. The maximum absolute atomic E-state index is 13.8. The van der Waals surface area contributed by atoms with E-state index in [4.69, 9.17) is 9.47 Å². The topological polar surface area (TPSA) is 59.0 Å². The van der Waals surface area contributed by atoms with Gasteiger partial charge in [0.05, 0.1) is 14.2 Å². The lowest BCUT2D eigenvalue weighted by atomic mass is 9.99. The number of nitrogens with zero attached hydrogens (tertiary/aromatic N) is 1. The maximum Gasteiger partial charge on any atom is 0.230 e. The van der Waals surface area contributed by atoms with E-state index in [-0.39, 0.29) is 17.8 Å². The highest BCUT2D eigenvalue weighted by atomic mass is 19.2. The van der Waals surface area contributed by atoms with Gasteiger partial charge in [-0.05, 0) is 78.4 Å². The molecule has 3 aromatic carbocycles. The molecule has 0 spiro atoms. The molecule has 3 aromatic rings. The van der Waals surface area contributed by atoms with Gasteiger partial charge in [0.25, 0.3) is 0 Å². The number of carbonyl (C=O) groups excluding carboxylic acids is 1. The van der Waals surface area contributed by atoms with Gasteiger partial charge in [0, 0.05) is 29.1 Å². The zero-order chi connectivity index (χ0) is 24.8. The Bertz CT molecular complexity index is 1210. The summed E-state index contributed by atoms with van der Waals surface area (Å²) < 4.78 is 24.4. The van der Waals surface area contributed by atoms with Crippen LogP contribution in [0.5, 0.6) is 11.5 Å². The lowest BCUT2D eigenvalue weighted by Gasteiger charge is -2.26. The Kier molecular flexibility index (Phi) is 7.13. The molecule has 0 fully saturated rings. The molecule has 4 rings (SSSR count). The van der Waals surface area contributed by atoms with E-state index in [1.807, 2.05) is 72.8 Å². The molecule has 35 heavy (non-hydrogen) atoms. The van der Waals surface area contributed by atoms with Crippen LogP contribution >= 0.6 is 0 Å². The maximum atomic E-state index is 13.8. The number of anilines is 3. The molecule has 0 heterocycles. The Morgan fingerprint density at radius 1 is 0.886 bits per heavy atom. The fraction of sp³-hybridized carbons (Fsp3) is 0.138. The Morgan fingerprint density at radius 3 is 1.83 bits per heavy atom. The molecule has 0 saturated heterocycles. The summed E-state index contributed by atoms with van der Waals surface area (Å²) in [5.41, 5.74) is 3.75. The lowest BCUT2D eigenvalue weighted by Crippen LogP contribution is -2.21. The van der Waals surface area contributed by atoms with Crippen molar-refractivity contribution in [1.82, 2.24) is 0 Å². The van der Waals surface area contributed by atoms with Crippen LogP contribution in [-0.2, 0) is 4.79 Å². The predicted molar refractivity (Wildman–Crippen MR) is 136 cm³/mol. The van der Waals surface area contributed by atoms with Crippen LogP contribution in [0.4, 0.5) is 21.5 Å². The van der Waals surface area contributed by atoms with Crippen molar-refractivity contribution in [2.24, 2.45) is 0 Å². The van der Waals surface area contributed by atoms with Crippen molar-refractivity contribution in [1.29, 1.82) is 0 Å². The second-order valence-electron chi connectivity index (χ2n) is 8.05. The summed E-state index contributed by atoms with van der Waals surface area (Å²) in [5, 5.41) is 9.52. The largest absolute Gasteiger partial charge is 0.497 e. The van der Waals surface area contributed by atoms with Crippen LogP contribution in [-0.4, -0.2) is 31.0 Å². The van der Waals surface area contributed by atoms with E-state index in [9.17, 15) is 14.3 Å². The molecule has 1 atom stereocenters. The minimum absolute atomic E-state index is 0.124. The number of aliphatic hydroxyl groups is 1. The smallest absolute Gasteiger partial charge is 0.230 e. The number of hydrogen-bond donors (Lipinski definition) is 1. The SMILES string of the molecule is COc1ccc(N(c2ccc(C=CC(=O)C3=CC(O)(F)CC=C3)cc2)c2ccc(OC)cc2)cc1. The molecule has 1 aliphatic carbocycles. The van der Waals surface area contributed by atoms with E-state index in [0.717, 1.165) is 40.2 Å². The number of methoxy groups -OCH3 is 2. The first kappa shape index (κ1) is 24.0. The molecule has 0 bridgehead atoms.